The van der Waals surface area contributed by atoms with Crippen molar-refractivity contribution in [1.82, 2.24) is 14.5 Å². The van der Waals surface area contributed by atoms with Crippen molar-refractivity contribution in [2.75, 3.05) is 0 Å². The maximum Gasteiger partial charge on any atom is 0.259 e. The summed E-state index contributed by atoms with van der Waals surface area (Å²) in [5.41, 5.74) is -0.474. The summed E-state index contributed by atoms with van der Waals surface area (Å²) in [4.78, 5) is 0. The number of hydrogen-bond acceptors (Lipinski definition) is 4. The molecule has 1 aliphatic rings. The highest BCUT2D eigenvalue weighted by Crippen LogP contribution is 2.41. The van der Waals surface area contributed by atoms with Crippen LogP contribution in [-0.2, 0) is 17.1 Å². The second kappa shape index (κ2) is 4.19. The molecule has 0 bridgehead atoms. The van der Waals surface area contributed by atoms with Crippen LogP contribution in [0, 0.1) is 5.41 Å². The number of halogens is 1. The largest absolute Gasteiger partial charge is 0.392 e. The van der Waals surface area contributed by atoms with E-state index in [0.29, 0.717) is 6.42 Å². The molecule has 1 heterocycles. The van der Waals surface area contributed by atoms with Gasteiger partial charge in [-0.15, -0.1) is 0 Å². The molecule has 8 heteroatoms. The zero-order valence-corrected chi connectivity index (χ0v) is 12.0. The van der Waals surface area contributed by atoms with Crippen LogP contribution in [-0.4, -0.2) is 35.5 Å². The van der Waals surface area contributed by atoms with Crippen LogP contribution in [0.5, 0.6) is 0 Å². The van der Waals surface area contributed by atoms with E-state index in [0.717, 1.165) is 0 Å². The lowest BCUT2D eigenvalue weighted by Gasteiger charge is -2.49. The fourth-order valence-corrected chi connectivity index (χ4v) is 4.11. The molecule has 1 saturated carbocycles. The molecule has 2 N–H and O–H groups in total. The summed E-state index contributed by atoms with van der Waals surface area (Å²) in [7, 11) is -2.21. The van der Waals surface area contributed by atoms with Crippen molar-refractivity contribution in [3.8, 4) is 0 Å². The van der Waals surface area contributed by atoms with Crippen LogP contribution in [0.15, 0.2) is 11.2 Å². The van der Waals surface area contributed by atoms with Gasteiger partial charge in [-0.3, -0.25) is 4.68 Å². The van der Waals surface area contributed by atoms with Crippen LogP contribution in [0.3, 0.4) is 0 Å². The highest BCUT2D eigenvalue weighted by atomic mass is 35.5. The Bertz CT molecular complexity index is 547. The zero-order valence-electron chi connectivity index (χ0n) is 10.4. The van der Waals surface area contributed by atoms with Gasteiger partial charge < -0.3 is 5.11 Å². The summed E-state index contributed by atoms with van der Waals surface area (Å²) in [6.07, 6.45) is 1.20. The first-order valence-corrected chi connectivity index (χ1v) is 7.40. The zero-order chi connectivity index (χ0) is 13.7. The molecular formula is C10H16ClN3O3S. The number of aliphatic hydroxyl groups excluding tert-OH is 1. The van der Waals surface area contributed by atoms with Crippen molar-refractivity contribution in [1.29, 1.82) is 0 Å². The Kier molecular flexibility index (Phi) is 3.21. The number of nitrogens with zero attached hydrogens (tertiary/aromatic N) is 2. The van der Waals surface area contributed by atoms with Crippen molar-refractivity contribution in [2.45, 2.75) is 37.4 Å². The number of sulfonamides is 1. The maximum absolute atomic E-state index is 12.2. The van der Waals surface area contributed by atoms with Crippen LogP contribution in [0.2, 0.25) is 5.02 Å². The first-order valence-electron chi connectivity index (χ1n) is 5.54. The lowest BCUT2D eigenvalue weighted by Crippen LogP contribution is -2.61. The second-order valence-electron chi connectivity index (χ2n) is 5.17. The summed E-state index contributed by atoms with van der Waals surface area (Å²) in [5, 5.41) is 13.4. The fourth-order valence-electron chi connectivity index (χ4n) is 2.05. The summed E-state index contributed by atoms with van der Waals surface area (Å²) in [6, 6.07) is -0.302. The molecule has 0 spiro atoms. The molecule has 1 aromatic heterocycles. The molecule has 2 atom stereocenters. The molecule has 6 nitrogen and oxygen atoms in total. The van der Waals surface area contributed by atoms with Crippen molar-refractivity contribution < 1.29 is 13.5 Å². The van der Waals surface area contributed by atoms with Gasteiger partial charge >= 0.3 is 0 Å². The number of aryl methyl sites for hydroxylation is 1. The predicted molar refractivity (Wildman–Crippen MR) is 66.7 cm³/mol. The lowest BCUT2D eigenvalue weighted by atomic mass is 9.65. The maximum atomic E-state index is 12.2. The Morgan fingerprint density at radius 1 is 1.61 bits per heavy atom. The molecule has 0 aliphatic heterocycles. The minimum atomic E-state index is -3.73. The van der Waals surface area contributed by atoms with Crippen molar-refractivity contribution in [2.24, 2.45) is 12.5 Å². The SMILES string of the molecule is Cn1ncc(Cl)c1S(=O)(=O)NC1CC(O)C1(C)C. The molecule has 0 radical (unpaired) electrons. The Labute approximate surface area is 111 Å². The van der Waals surface area contributed by atoms with Crippen molar-refractivity contribution >= 4 is 21.6 Å². The molecular weight excluding hydrogens is 278 g/mol. The van der Waals surface area contributed by atoms with E-state index in [1.807, 2.05) is 13.8 Å². The normalized spacial score (nSPS) is 26.9. The Hall–Kier alpha value is -0.630. The van der Waals surface area contributed by atoms with E-state index < -0.39 is 21.5 Å². The third-order valence-corrected chi connectivity index (χ3v) is 5.59. The Morgan fingerprint density at radius 3 is 2.61 bits per heavy atom. The topological polar surface area (TPSA) is 84.2 Å². The first kappa shape index (κ1) is 13.8. The van der Waals surface area contributed by atoms with Crippen molar-refractivity contribution in [3.05, 3.63) is 11.2 Å². The van der Waals surface area contributed by atoms with E-state index in [-0.39, 0.29) is 16.1 Å². The van der Waals surface area contributed by atoms with Gasteiger partial charge in [0.05, 0.1) is 17.3 Å². The van der Waals surface area contributed by atoms with Gasteiger partial charge in [-0.2, -0.15) is 5.10 Å². The number of nitrogens with one attached hydrogen (secondary N) is 1. The molecule has 1 aromatic rings. The molecule has 2 unspecified atom stereocenters. The molecule has 0 amide bonds. The van der Waals surface area contributed by atoms with Gasteiger partial charge in [0.2, 0.25) is 0 Å². The average molecular weight is 294 g/mol. The summed E-state index contributed by atoms with van der Waals surface area (Å²) in [5.74, 6) is 0. The van der Waals surface area contributed by atoms with Crippen molar-refractivity contribution in [3.63, 3.8) is 0 Å². The smallest absolute Gasteiger partial charge is 0.259 e. The quantitative estimate of drug-likeness (QED) is 0.850. The predicted octanol–water partition coefficient (Wildman–Crippen LogP) is 0.511. The third-order valence-electron chi connectivity index (χ3n) is 3.61. The van der Waals surface area contributed by atoms with Gasteiger partial charge in [-0.1, -0.05) is 25.4 Å². The van der Waals surface area contributed by atoms with Crippen LogP contribution in [0.25, 0.3) is 0 Å². The van der Waals surface area contributed by atoms with Gasteiger partial charge in [0, 0.05) is 18.5 Å². The van der Waals surface area contributed by atoms with Gasteiger partial charge in [0.15, 0.2) is 5.03 Å². The van der Waals surface area contributed by atoms with E-state index >= 15 is 0 Å². The second-order valence-corrected chi connectivity index (χ2v) is 7.20. The molecule has 1 fully saturated rings. The minimum Gasteiger partial charge on any atom is -0.392 e. The highest BCUT2D eigenvalue weighted by molar-refractivity contribution is 7.89. The standard InChI is InChI=1S/C10H16ClN3O3S/c1-10(2)7(4-8(10)15)13-18(16,17)9-6(11)5-12-14(9)3/h5,7-8,13,15H,4H2,1-3H3. The monoisotopic (exact) mass is 293 g/mol. The van der Waals surface area contributed by atoms with E-state index in [1.165, 1.54) is 17.9 Å². The third kappa shape index (κ3) is 2.05. The molecule has 2 rings (SSSR count). The van der Waals surface area contributed by atoms with Gasteiger partial charge in [0.25, 0.3) is 10.0 Å². The number of hydrogen-bond donors (Lipinski definition) is 2. The van der Waals surface area contributed by atoms with E-state index in [9.17, 15) is 13.5 Å². The summed E-state index contributed by atoms with van der Waals surface area (Å²) in [6.45, 7) is 3.64. The number of aliphatic hydroxyl groups is 1. The molecule has 102 valence electrons. The number of rotatable bonds is 3. The fraction of sp³-hybridized carbons (Fsp3) is 0.700. The Balaban J connectivity index is 2.25. The van der Waals surface area contributed by atoms with Gasteiger partial charge in [-0.25, -0.2) is 13.1 Å². The van der Waals surface area contributed by atoms with E-state index in [2.05, 4.69) is 9.82 Å². The average Bonchev–Trinajstić information content (AvgIpc) is 2.58. The number of aromatic nitrogens is 2. The van der Waals surface area contributed by atoms with Crippen LogP contribution >= 0.6 is 11.6 Å². The Morgan fingerprint density at radius 2 is 2.22 bits per heavy atom. The van der Waals surface area contributed by atoms with Crippen LogP contribution < -0.4 is 4.72 Å². The molecule has 1 aliphatic carbocycles. The summed E-state index contributed by atoms with van der Waals surface area (Å²) >= 11 is 5.82. The molecule has 18 heavy (non-hydrogen) atoms. The minimum absolute atomic E-state index is 0.0543. The highest BCUT2D eigenvalue weighted by Gasteiger charge is 2.49. The van der Waals surface area contributed by atoms with Gasteiger partial charge in [-0.05, 0) is 6.42 Å². The first-order chi connectivity index (χ1) is 8.16. The molecule has 0 aromatic carbocycles. The van der Waals surface area contributed by atoms with E-state index in [4.69, 9.17) is 11.6 Å². The van der Waals surface area contributed by atoms with Crippen LogP contribution in [0.1, 0.15) is 20.3 Å². The van der Waals surface area contributed by atoms with Crippen LogP contribution in [0.4, 0.5) is 0 Å². The summed E-state index contributed by atoms with van der Waals surface area (Å²) < 4.78 is 28.2. The van der Waals surface area contributed by atoms with E-state index in [1.54, 1.807) is 0 Å². The lowest BCUT2D eigenvalue weighted by molar-refractivity contribution is -0.0645. The molecule has 0 saturated heterocycles. The van der Waals surface area contributed by atoms with Gasteiger partial charge in [0.1, 0.15) is 0 Å².